The SMILES string of the molecule is CC(=O)CCCc1cn(C(COCC(CO)CO)(COCC(CO)CO)COCC(CO)CO)nn1. The number of aliphatic hydroxyl groups is 6. The van der Waals surface area contributed by atoms with Gasteiger partial charge in [0, 0.05) is 30.4 Å². The van der Waals surface area contributed by atoms with Gasteiger partial charge in [0.25, 0.3) is 0 Å². The van der Waals surface area contributed by atoms with E-state index in [1.807, 2.05) is 0 Å². The molecule has 13 nitrogen and oxygen atoms in total. The summed E-state index contributed by atoms with van der Waals surface area (Å²) in [4.78, 5) is 11.3. The number of nitrogens with zero attached hydrogens (tertiary/aromatic N) is 3. The normalized spacial score (nSPS) is 12.4. The zero-order chi connectivity index (χ0) is 26.8. The Kier molecular flexibility index (Phi) is 16.8. The predicted molar refractivity (Wildman–Crippen MR) is 127 cm³/mol. The van der Waals surface area contributed by atoms with Crippen molar-refractivity contribution in [2.24, 2.45) is 17.8 Å². The summed E-state index contributed by atoms with van der Waals surface area (Å²) in [7, 11) is 0. The molecule has 1 aromatic heterocycles. The molecular formula is C23H43N3O10. The minimum atomic E-state index is -1.08. The number of hydrogen-bond donors (Lipinski definition) is 6. The third kappa shape index (κ3) is 11.7. The zero-order valence-electron chi connectivity index (χ0n) is 21.1. The molecule has 0 aliphatic carbocycles. The van der Waals surface area contributed by atoms with Gasteiger partial charge in [-0.3, -0.25) is 0 Å². The standard InChI is InChI=1S/C23H43N3O10/c1-18(33)3-2-4-22-5-26(25-24-22)23(15-34-12-19(6-27)7-28,16-35-13-20(8-29)9-30)17-36-14-21(10-31)11-32/h5,19-21,27-32H,2-4,6-17H2,1H3. The smallest absolute Gasteiger partial charge is 0.134 e. The first-order chi connectivity index (χ1) is 17.4. The van der Waals surface area contributed by atoms with Crippen molar-refractivity contribution in [1.29, 1.82) is 0 Å². The largest absolute Gasteiger partial charge is 0.396 e. The summed E-state index contributed by atoms with van der Waals surface area (Å²) in [6, 6.07) is 0. The second-order valence-electron chi connectivity index (χ2n) is 9.17. The van der Waals surface area contributed by atoms with Gasteiger partial charge < -0.3 is 49.6 Å². The number of hydrogen-bond acceptors (Lipinski definition) is 12. The third-order valence-corrected chi connectivity index (χ3v) is 5.71. The summed E-state index contributed by atoms with van der Waals surface area (Å²) in [5.41, 5.74) is -0.428. The van der Waals surface area contributed by atoms with Crippen LogP contribution < -0.4 is 0 Å². The molecule has 0 bridgehead atoms. The molecular weight excluding hydrogens is 478 g/mol. The lowest BCUT2D eigenvalue weighted by molar-refractivity contribution is -0.117. The molecule has 1 rings (SSSR count). The van der Waals surface area contributed by atoms with E-state index in [1.165, 1.54) is 6.92 Å². The molecule has 1 heterocycles. The van der Waals surface area contributed by atoms with Gasteiger partial charge in [0.15, 0.2) is 0 Å². The molecule has 0 saturated carbocycles. The molecule has 0 amide bonds. The Morgan fingerprint density at radius 3 is 1.61 bits per heavy atom. The van der Waals surface area contributed by atoms with Gasteiger partial charge in [-0.1, -0.05) is 5.21 Å². The minimum Gasteiger partial charge on any atom is -0.396 e. The van der Waals surface area contributed by atoms with Crippen LogP contribution in [0.2, 0.25) is 0 Å². The van der Waals surface area contributed by atoms with Crippen molar-refractivity contribution in [1.82, 2.24) is 15.0 Å². The summed E-state index contributed by atoms with van der Waals surface area (Å²) in [6.07, 6.45) is 3.27. The van der Waals surface area contributed by atoms with Gasteiger partial charge >= 0.3 is 0 Å². The van der Waals surface area contributed by atoms with E-state index in [-0.39, 0.29) is 85.1 Å². The van der Waals surface area contributed by atoms with Crippen LogP contribution in [-0.4, -0.2) is 131 Å². The van der Waals surface area contributed by atoms with Gasteiger partial charge in [0.2, 0.25) is 0 Å². The highest BCUT2D eigenvalue weighted by Gasteiger charge is 2.36. The van der Waals surface area contributed by atoms with Crippen molar-refractivity contribution in [2.45, 2.75) is 31.7 Å². The molecule has 0 aliphatic heterocycles. The topological polar surface area (TPSA) is 197 Å². The van der Waals surface area contributed by atoms with Gasteiger partial charge in [0.1, 0.15) is 11.3 Å². The van der Waals surface area contributed by atoms with Crippen molar-refractivity contribution in [3.63, 3.8) is 0 Å². The van der Waals surface area contributed by atoms with Crippen molar-refractivity contribution >= 4 is 5.78 Å². The highest BCUT2D eigenvalue weighted by molar-refractivity contribution is 5.75. The lowest BCUT2D eigenvalue weighted by Gasteiger charge is -2.34. The highest BCUT2D eigenvalue weighted by Crippen LogP contribution is 2.21. The monoisotopic (exact) mass is 521 g/mol. The Morgan fingerprint density at radius 1 is 0.833 bits per heavy atom. The molecule has 210 valence electrons. The van der Waals surface area contributed by atoms with E-state index in [1.54, 1.807) is 10.9 Å². The fourth-order valence-corrected chi connectivity index (χ4v) is 3.22. The van der Waals surface area contributed by atoms with Crippen LogP contribution in [0.4, 0.5) is 0 Å². The molecule has 13 heteroatoms. The van der Waals surface area contributed by atoms with E-state index < -0.39 is 23.3 Å². The molecule has 0 unspecified atom stereocenters. The van der Waals surface area contributed by atoms with Crippen LogP contribution in [0.1, 0.15) is 25.5 Å². The van der Waals surface area contributed by atoms with Crippen LogP contribution in [0.3, 0.4) is 0 Å². The van der Waals surface area contributed by atoms with Crippen molar-refractivity contribution in [2.75, 3.05) is 79.3 Å². The van der Waals surface area contributed by atoms with Crippen molar-refractivity contribution in [3.05, 3.63) is 11.9 Å². The summed E-state index contributed by atoms with van der Waals surface area (Å²) in [5.74, 6) is -1.37. The van der Waals surface area contributed by atoms with Gasteiger partial charge in [-0.2, -0.15) is 0 Å². The zero-order valence-corrected chi connectivity index (χ0v) is 21.1. The van der Waals surface area contributed by atoms with Crippen LogP contribution in [-0.2, 0) is 31.0 Å². The number of aryl methyl sites for hydroxylation is 1. The van der Waals surface area contributed by atoms with E-state index in [0.717, 1.165) is 0 Å². The summed E-state index contributed by atoms with van der Waals surface area (Å²) in [5, 5.41) is 64.7. The first kappa shape index (κ1) is 32.5. The number of rotatable bonds is 23. The lowest BCUT2D eigenvalue weighted by Crippen LogP contribution is -2.49. The number of carbonyl (C=O) groups excluding carboxylic acids is 1. The van der Waals surface area contributed by atoms with Gasteiger partial charge in [-0.05, 0) is 19.8 Å². The third-order valence-electron chi connectivity index (χ3n) is 5.71. The van der Waals surface area contributed by atoms with Crippen LogP contribution in [0.25, 0.3) is 0 Å². The van der Waals surface area contributed by atoms with Crippen LogP contribution in [0.5, 0.6) is 0 Å². The minimum absolute atomic E-state index is 0.00835. The van der Waals surface area contributed by atoms with E-state index in [2.05, 4.69) is 10.3 Å². The van der Waals surface area contributed by atoms with Crippen molar-refractivity contribution in [3.8, 4) is 0 Å². The number of Topliss-reactive ketones (excluding diaryl/α,β-unsaturated/α-hetero) is 1. The van der Waals surface area contributed by atoms with E-state index in [4.69, 9.17) is 14.2 Å². The second-order valence-corrected chi connectivity index (χ2v) is 9.17. The number of carbonyl (C=O) groups is 1. The Balaban J connectivity index is 3.14. The average molecular weight is 522 g/mol. The van der Waals surface area contributed by atoms with E-state index in [0.29, 0.717) is 25.0 Å². The molecule has 6 N–H and O–H groups in total. The Labute approximate surface area is 211 Å². The van der Waals surface area contributed by atoms with Crippen molar-refractivity contribution < 1.29 is 49.6 Å². The van der Waals surface area contributed by atoms with Gasteiger partial charge in [-0.15, -0.1) is 5.10 Å². The maximum absolute atomic E-state index is 11.3. The number of ether oxygens (including phenoxy) is 3. The molecule has 0 radical (unpaired) electrons. The first-order valence-corrected chi connectivity index (χ1v) is 12.2. The highest BCUT2D eigenvalue weighted by atomic mass is 16.5. The van der Waals surface area contributed by atoms with Gasteiger partial charge in [-0.25, -0.2) is 4.68 Å². The molecule has 0 atom stereocenters. The van der Waals surface area contributed by atoms with Crippen LogP contribution in [0.15, 0.2) is 6.20 Å². The van der Waals surface area contributed by atoms with Gasteiger partial charge in [0.05, 0.1) is 85.0 Å². The lowest BCUT2D eigenvalue weighted by atomic mass is 10.0. The second kappa shape index (κ2) is 18.7. The number of aliphatic hydroxyl groups excluding tert-OH is 6. The molecule has 36 heavy (non-hydrogen) atoms. The predicted octanol–water partition coefficient (Wildman–Crippen LogP) is -2.26. The van der Waals surface area contributed by atoms with Crippen LogP contribution in [0, 0.1) is 17.8 Å². The summed E-state index contributed by atoms with van der Waals surface area (Å²) < 4.78 is 19.0. The van der Waals surface area contributed by atoms with E-state index in [9.17, 15) is 35.4 Å². The summed E-state index contributed by atoms with van der Waals surface area (Å²) >= 11 is 0. The molecule has 0 aliphatic rings. The maximum atomic E-state index is 11.3. The Hall–Kier alpha value is -1.55. The number of ketones is 1. The quantitative estimate of drug-likeness (QED) is 0.0905. The first-order valence-electron chi connectivity index (χ1n) is 12.2. The molecule has 0 fully saturated rings. The summed E-state index contributed by atoms with van der Waals surface area (Å²) in [6.45, 7) is 0.107. The molecule has 0 saturated heterocycles. The molecule has 1 aromatic rings. The Bertz CT molecular complexity index is 648. The molecule has 0 spiro atoms. The average Bonchev–Trinajstić information content (AvgIpc) is 3.36. The van der Waals surface area contributed by atoms with E-state index >= 15 is 0 Å². The fraction of sp³-hybridized carbons (Fsp3) is 0.870. The fourth-order valence-electron chi connectivity index (χ4n) is 3.22. The van der Waals surface area contributed by atoms with Crippen LogP contribution >= 0.6 is 0 Å². The molecule has 0 aromatic carbocycles. The maximum Gasteiger partial charge on any atom is 0.134 e. The number of aromatic nitrogens is 3. The Morgan fingerprint density at radius 2 is 1.25 bits per heavy atom.